The van der Waals surface area contributed by atoms with Gasteiger partial charge in [0.1, 0.15) is 5.69 Å². The van der Waals surface area contributed by atoms with E-state index in [1.165, 1.54) is 22.1 Å². The number of benzene rings is 3. The maximum atomic E-state index is 12.1. The molecular formula is C33H38N4O2. The molecule has 0 saturated carbocycles. The zero-order valence-electron chi connectivity index (χ0n) is 23.2. The van der Waals surface area contributed by atoms with Crippen molar-refractivity contribution < 1.29 is 4.79 Å². The zero-order chi connectivity index (χ0) is 27.4. The second kappa shape index (κ2) is 12.0. The van der Waals surface area contributed by atoms with E-state index < -0.39 is 0 Å². The fourth-order valence-electron chi connectivity index (χ4n) is 5.68. The van der Waals surface area contributed by atoms with E-state index in [2.05, 4.69) is 63.7 Å². The van der Waals surface area contributed by atoms with Gasteiger partial charge in [0.15, 0.2) is 0 Å². The number of nitroso groups, excluding NO2 is 1. The molecule has 1 amide bonds. The monoisotopic (exact) mass is 522 g/mol. The molecule has 2 N–H and O–H groups in total. The van der Waals surface area contributed by atoms with E-state index >= 15 is 0 Å². The van der Waals surface area contributed by atoms with Crippen molar-refractivity contribution in [3.8, 4) is 11.3 Å². The third kappa shape index (κ3) is 6.28. The summed E-state index contributed by atoms with van der Waals surface area (Å²) in [6.07, 6.45) is 4.35. The Morgan fingerprint density at radius 1 is 1.05 bits per heavy atom. The van der Waals surface area contributed by atoms with Gasteiger partial charge in [-0.3, -0.25) is 4.79 Å². The Morgan fingerprint density at radius 2 is 1.82 bits per heavy atom. The molecule has 1 aliphatic heterocycles. The summed E-state index contributed by atoms with van der Waals surface area (Å²) in [5.41, 5.74) is 8.63. The van der Waals surface area contributed by atoms with Crippen LogP contribution in [0.1, 0.15) is 55.7 Å². The second-order valence-electron chi connectivity index (χ2n) is 11.2. The maximum Gasteiger partial charge on any atom is 0.226 e. The van der Waals surface area contributed by atoms with Gasteiger partial charge in [0.25, 0.3) is 0 Å². The first-order chi connectivity index (χ1) is 18.9. The summed E-state index contributed by atoms with van der Waals surface area (Å²) in [5, 5.41) is 7.37. The highest BCUT2D eigenvalue weighted by molar-refractivity contribution is 5.92. The molecule has 6 nitrogen and oxygen atoms in total. The SMILES string of the molecule is Cc1ccc2[nH]c(-c3ccc(N=O)cc3)c(CCCN3CCC(c4cccc(NC(=O)C(C)C)c4)CC3)c2c1. The van der Waals surface area contributed by atoms with Crippen molar-refractivity contribution in [2.24, 2.45) is 11.1 Å². The number of piperidine rings is 1. The van der Waals surface area contributed by atoms with Crippen LogP contribution in [0.3, 0.4) is 0 Å². The molecule has 1 saturated heterocycles. The lowest BCUT2D eigenvalue weighted by Crippen LogP contribution is -2.33. The van der Waals surface area contributed by atoms with E-state index in [0.29, 0.717) is 11.6 Å². The summed E-state index contributed by atoms with van der Waals surface area (Å²) in [6.45, 7) is 9.22. The van der Waals surface area contributed by atoms with Crippen LogP contribution in [-0.2, 0) is 11.2 Å². The van der Waals surface area contributed by atoms with Crippen molar-refractivity contribution in [2.75, 3.05) is 25.0 Å². The van der Waals surface area contributed by atoms with E-state index in [4.69, 9.17) is 0 Å². The molecule has 0 spiro atoms. The highest BCUT2D eigenvalue weighted by atomic mass is 16.3. The Balaban J connectivity index is 1.21. The van der Waals surface area contributed by atoms with Crippen molar-refractivity contribution in [2.45, 2.75) is 52.4 Å². The van der Waals surface area contributed by atoms with Gasteiger partial charge in [0.05, 0.1) is 0 Å². The first kappa shape index (κ1) is 26.8. The smallest absolute Gasteiger partial charge is 0.226 e. The Hall–Kier alpha value is -3.77. The number of carbonyl (C=O) groups is 1. The molecule has 5 rings (SSSR count). The van der Waals surface area contributed by atoms with Gasteiger partial charge in [0.2, 0.25) is 5.91 Å². The molecule has 1 aromatic heterocycles. The van der Waals surface area contributed by atoms with Crippen LogP contribution in [0.5, 0.6) is 0 Å². The molecule has 1 aliphatic rings. The molecule has 0 atom stereocenters. The second-order valence-corrected chi connectivity index (χ2v) is 11.2. The Kier molecular flexibility index (Phi) is 8.22. The number of aromatic nitrogens is 1. The third-order valence-corrected chi connectivity index (χ3v) is 7.96. The summed E-state index contributed by atoms with van der Waals surface area (Å²) in [4.78, 5) is 29.2. The molecule has 0 bridgehead atoms. The van der Waals surface area contributed by atoms with Crippen LogP contribution in [0.2, 0.25) is 0 Å². The number of H-pyrrole nitrogens is 1. The predicted molar refractivity (Wildman–Crippen MR) is 161 cm³/mol. The topological polar surface area (TPSA) is 77.6 Å². The standard InChI is InChI=1S/C33H38N4O2/c1-22(2)33(38)34-28-7-4-6-26(21-28)24-15-18-37(19-16-24)17-5-8-29-30-20-23(3)9-14-31(30)35-32(29)25-10-12-27(36-39)13-11-25/h4,6-7,9-14,20-22,24,35H,5,8,15-19H2,1-3H3,(H,34,38). The summed E-state index contributed by atoms with van der Waals surface area (Å²) >= 11 is 0. The Bertz CT molecular complexity index is 1450. The van der Waals surface area contributed by atoms with Crippen molar-refractivity contribution in [3.63, 3.8) is 0 Å². The van der Waals surface area contributed by atoms with Gasteiger partial charge in [-0.1, -0.05) is 49.7 Å². The van der Waals surface area contributed by atoms with Gasteiger partial charge >= 0.3 is 0 Å². The lowest BCUT2D eigenvalue weighted by Gasteiger charge is -2.32. The normalized spacial score (nSPS) is 14.7. The first-order valence-electron chi connectivity index (χ1n) is 14.1. The number of hydrogen-bond acceptors (Lipinski definition) is 4. The molecule has 3 aromatic carbocycles. The number of aromatic amines is 1. The molecule has 39 heavy (non-hydrogen) atoms. The average molecular weight is 523 g/mol. The Morgan fingerprint density at radius 3 is 2.54 bits per heavy atom. The lowest BCUT2D eigenvalue weighted by atomic mass is 9.89. The molecule has 0 unspecified atom stereocenters. The van der Waals surface area contributed by atoms with Crippen LogP contribution in [0.25, 0.3) is 22.2 Å². The van der Waals surface area contributed by atoms with E-state index in [-0.39, 0.29) is 11.8 Å². The molecule has 4 aromatic rings. The number of carbonyl (C=O) groups excluding carboxylic acids is 1. The van der Waals surface area contributed by atoms with E-state index in [0.717, 1.165) is 67.8 Å². The number of anilines is 1. The molecule has 0 aliphatic carbocycles. The summed E-state index contributed by atoms with van der Waals surface area (Å²) in [7, 11) is 0. The summed E-state index contributed by atoms with van der Waals surface area (Å²) < 4.78 is 0. The van der Waals surface area contributed by atoms with Crippen LogP contribution in [0.4, 0.5) is 11.4 Å². The number of nitrogens with zero attached hydrogens (tertiary/aromatic N) is 2. The highest BCUT2D eigenvalue weighted by Crippen LogP contribution is 2.34. The molecule has 2 heterocycles. The van der Waals surface area contributed by atoms with Crippen molar-refractivity contribution in [1.82, 2.24) is 9.88 Å². The minimum atomic E-state index is -0.0263. The number of rotatable bonds is 9. The minimum Gasteiger partial charge on any atom is -0.354 e. The van der Waals surface area contributed by atoms with Gasteiger partial charge < -0.3 is 15.2 Å². The summed E-state index contributed by atoms with van der Waals surface area (Å²) in [5.74, 6) is 0.566. The lowest BCUT2D eigenvalue weighted by molar-refractivity contribution is -0.118. The van der Waals surface area contributed by atoms with Gasteiger partial charge in [-0.25, -0.2) is 0 Å². The van der Waals surface area contributed by atoms with Crippen molar-refractivity contribution in [3.05, 3.63) is 88.3 Å². The number of nitrogens with one attached hydrogen (secondary N) is 2. The maximum absolute atomic E-state index is 12.1. The number of likely N-dealkylation sites (tertiary alicyclic amines) is 1. The van der Waals surface area contributed by atoms with E-state index in [1.54, 1.807) is 12.1 Å². The average Bonchev–Trinajstić information content (AvgIpc) is 3.31. The first-order valence-corrected chi connectivity index (χ1v) is 14.1. The van der Waals surface area contributed by atoms with Crippen LogP contribution in [-0.4, -0.2) is 35.4 Å². The molecule has 1 fully saturated rings. The zero-order valence-corrected chi connectivity index (χ0v) is 23.2. The van der Waals surface area contributed by atoms with E-state index in [9.17, 15) is 9.70 Å². The van der Waals surface area contributed by atoms with Crippen LogP contribution in [0.15, 0.2) is 71.9 Å². The molecule has 202 valence electrons. The quantitative estimate of drug-likeness (QED) is 0.219. The van der Waals surface area contributed by atoms with Gasteiger partial charge in [-0.05, 0) is 116 Å². The Labute approximate surface area is 230 Å². The van der Waals surface area contributed by atoms with Gasteiger partial charge in [-0.15, -0.1) is 4.91 Å². The largest absolute Gasteiger partial charge is 0.354 e. The number of aryl methyl sites for hydroxylation is 2. The molecular weight excluding hydrogens is 484 g/mol. The van der Waals surface area contributed by atoms with Crippen molar-refractivity contribution >= 4 is 28.2 Å². The van der Waals surface area contributed by atoms with Crippen molar-refractivity contribution in [1.29, 1.82) is 0 Å². The fraction of sp³-hybridized carbons (Fsp3) is 0.364. The number of amides is 1. The summed E-state index contributed by atoms with van der Waals surface area (Å²) in [6, 6.07) is 22.5. The highest BCUT2D eigenvalue weighted by Gasteiger charge is 2.21. The number of fused-ring (bicyclic) bond motifs is 1. The fourth-order valence-corrected chi connectivity index (χ4v) is 5.68. The third-order valence-electron chi connectivity index (χ3n) is 7.96. The van der Waals surface area contributed by atoms with Crippen LogP contribution in [0, 0.1) is 17.7 Å². The molecule has 6 heteroatoms. The molecule has 0 radical (unpaired) electrons. The van der Waals surface area contributed by atoms with E-state index in [1.807, 2.05) is 32.0 Å². The van der Waals surface area contributed by atoms with Crippen LogP contribution < -0.4 is 5.32 Å². The van der Waals surface area contributed by atoms with Crippen LogP contribution >= 0.6 is 0 Å². The predicted octanol–water partition coefficient (Wildman–Crippen LogP) is 7.95. The van der Waals surface area contributed by atoms with Gasteiger partial charge in [-0.2, -0.15) is 0 Å². The number of hydrogen-bond donors (Lipinski definition) is 2. The van der Waals surface area contributed by atoms with Gasteiger partial charge in [0, 0.05) is 28.2 Å². The minimum absolute atomic E-state index is 0.0263.